The van der Waals surface area contributed by atoms with E-state index in [1.165, 1.54) is 12.1 Å². The van der Waals surface area contributed by atoms with Gasteiger partial charge in [0.15, 0.2) is 0 Å². The second-order valence-corrected chi connectivity index (χ2v) is 5.15. The summed E-state index contributed by atoms with van der Waals surface area (Å²) in [6.07, 6.45) is 0. The van der Waals surface area contributed by atoms with Gasteiger partial charge in [0, 0.05) is 18.7 Å². The van der Waals surface area contributed by atoms with E-state index < -0.39 is 4.92 Å². The SMILES string of the molecule is O=[N+]([O-])c1ccc(CN2CCOc3ccc(CO)cc32)cc1. The van der Waals surface area contributed by atoms with Gasteiger partial charge in [0.25, 0.3) is 5.69 Å². The molecule has 0 aliphatic carbocycles. The largest absolute Gasteiger partial charge is 0.490 e. The second kappa shape index (κ2) is 6.03. The van der Waals surface area contributed by atoms with Crippen LogP contribution in [0.15, 0.2) is 42.5 Å². The molecule has 1 aliphatic heterocycles. The predicted molar refractivity (Wildman–Crippen MR) is 82.0 cm³/mol. The van der Waals surface area contributed by atoms with Crippen molar-refractivity contribution in [2.45, 2.75) is 13.2 Å². The smallest absolute Gasteiger partial charge is 0.269 e. The van der Waals surface area contributed by atoms with E-state index in [4.69, 9.17) is 4.74 Å². The van der Waals surface area contributed by atoms with Gasteiger partial charge in [-0.25, -0.2) is 0 Å². The van der Waals surface area contributed by atoms with Crippen LogP contribution in [0.5, 0.6) is 5.75 Å². The zero-order valence-electron chi connectivity index (χ0n) is 11.9. The number of aliphatic hydroxyl groups is 1. The summed E-state index contributed by atoms with van der Waals surface area (Å²) in [5.41, 5.74) is 2.86. The van der Waals surface area contributed by atoms with E-state index in [0.29, 0.717) is 13.2 Å². The molecular formula is C16H16N2O4. The molecule has 0 unspecified atom stereocenters. The minimum Gasteiger partial charge on any atom is -0.490 e. The van der Waals surface area contributed by atoms with Gasteiger partial charge >= 0.3 is 0 Å². The van der Waals surface area contributed by atoms with Crippen LogP contribution in [-0.4, -0.2) is 23.2 Å². The van der Waals surface area contributed by atoms with Crippen LogP contribution < -0.4 is 9.64 Å². The minimum absolute atomic E-state index is 0.0152. The molecule has 6 heteroatoms. The lowest BCUT2D eigenvalue weighted by Crippen LogP contribution is -2.32. The summed E-state index contributed by atoms with van der Waals surface area (Å²) < 4.78 is 5.63. The lowest BCUT2D eigenvalue weighted by Gasteiger charge is -2.31. The summed E-state index contributed by atoms with van der Waals surface area (Å²) in [5, 5.41) is 20.0. The first kappa shape index (κ1) is 14.3. The van der Waals surface area contributed by atoms with Crippen molar-refractivity contribution in [3.63, 3.8) is 0 Å². The van der Waals surface area contributed by atoms with Gasteiger partial charge in [-0.2, -0.15) is 0 Å². The van der Waals surface area contributed by atoms with Crippen LogP contribution in [-0.2, 0) is 13.2 Å². The molecule has 0 atom stereocenters. The number of nitro benzene ring substituents is 1. The van der Waals surface area contributed by atoms with Crippen molar-refractivity contribution in [2.75, 3.05) is 18.1 Å². The van der Waals surface area contributed by atoms with Crippen molar-refractivity contribution >= 4 is 11.4 Å². The summed E-state index contributed by atoms with van der Waals surface area (Å²) >= 11 is 0. The summed E-state index contributed by atoms with van der Waals surface area (Å²) in [7, 11) is 0. The van der Waals surface area contributed by atoms with Gasteiger partial charge in [-0.15, -0.1) is 0 Å². The number of fused-ring (bicyclic) bond motifs is 1. The Labute approximate surface area is 127 Å². The fourth-order valence-electron chi connectivity index (χ4n) is 2.52. The molecular weight excluding hydrogens is 284 g/mol. The lowest BCUT2D eigenvalue weighted by molar-refractivity contribution is -0.384. The zero-order valence-corrected chi connectivity index (χ0v) is 11.9. The molecule has 6 nitrogen and oxygen atoms in total. The number of non-ortho nitro benzene ring substituents is 1. The zero-order chi connectivity index (χ0) is 15.5. The Hall–Kier alpha value is -2.60. The number of nitrogens with zero attached hydrogens (tertiary/aromatic N) is 2. The fourth-order valence-corrected chi connectivity index (χ4v) is 2.52. The molecule has 0 spiro atoms. The molecule has 114 valence electrons. The summed E-state index contributed by atoms with van der Waals surface area (Å²) in [4.78, 5) is 12.4. The van der Waals surface area contributed by atoms with Crippen LogP contribution in [0.3, 0.4) is 0 Å². The highest BCUT2D eigenvalue weighted by Crippen LogP contribution is 2.33. The quantitative estimate of drug-likeness (QED) is 0.693. The summed E-state index contributed by atoms with van der Waals surface area (Å²) in [5.74, 6) is 0.797. The van der Waals surface area contributed by atoms with Crippen molar-refractivity contribution in [3.05, 3.63) is 63.7 Å². The number of ether oxygens (including phenoxy) is 1. The van der Waals surface area contributed by atoms with Gasteiger partial charge in [-0.1, -0.05) is 18.2 Å². The summed E-state index contributed by atoms with van der Waals surface area (Å²) in [6.45, 7) is 1.96. The Morgan fingerprint density at radius 2 is 1.91 bits per heavy atom. The maximum absolute atomic E-state index is 10.7. The normalized spacial score (nSPS) is 13.4. The Bertz CT molecular complexity index is 685. The van der Waals surface area contributed by atoms with E-state index in [1.807, 2.05) is 18.2 Å². The third kappa shape index (κ3) is 2.87. The third-order valence-corrected chi connectivity index (χ3v) is 3.69. The Kier molecular flexibility index (Phi) is 3.93. The molecule has 22 heavy (non-hydrogen) atoms. The van der Waals surface area contributed by atoms with Crippen molar-refractivity contribution in [2.24, 2.45) is 0 Å². The number of anilines is 1. The second-order valence-electron chi connectivity index (χ2n) is 5.15. The predicted octanol–water partition coefficient (Wildman–Crippen LogP) is 2.49. The summed E-state index contributed by atoms with van der Waals surface area (Å²) in [6, 6.07) is 12.2. The Balaban J connectivity index is 1.83. The van der Waals surface area contributed by atoms with Crippen molar-refractivity contribution in [3.8, 4) is 5.75 Å². The van der Waals surface area contributed by atoms with E-state index in [2.05, 4.69) is 4.90 Å². The first-order valence-electron chi connectivity index (χ1n) is 7.02. The van der Waals surface area contributed by atoms with Gasteiger partial charge < -0.3 is 14.7 Å². The Morgan fingerprint density at radius 3 is 2.59 bits per heavy atom. The molecule has 0 saturated heterocycles. The highest BCUT2D eigenvalue weighted by atomic mass is 16.6. The number of aliphatic hydroxyl groups excluding tert-OH is 1. The van der Waals surface area contributed by atoms with Crippen LogP contribution in [0, 0.1) is 10.1 Å². The van der Waals surface area contributed by atoms with Crippen LogP contribution in [0.25, 0.3) is 0 Å². The molecule has 0 aromatic heterocycles. The van der Waals surface area contributed by atoms with Crippen molar-refractivity contribution < 1.29 is 14.8 Å². The molecule has 1 N–H and O–H groups in total. The van der Waals surface area contributed by atoms with E-state index in [-0.39, 0.29) is 12.3 Å². The van der Waals surface area contributed by atoms with E-state index in [1.54, 1.807) is 12.1 Å². The van der Waals surface area contributed by atoms with Gasteiger partial charge in [-0.3, -0.25) is 10.1 Å². The third-order valence-electron chi connectivity index (χ3n) is 3.69. The number of rotatable bonds is 4. The monoisotopic (exact) mass is 300 g/mol. The maximum atomic E-state index is 10.7. The van der Waals surface area contributed by atoms with E-state index in [0.717, 1.165) is 29.1 Å². The van der Waals surface area contributed by atoms with Crippen molar-refractivity contribution in [1.82, 2.24) is 0 Å². The molecule has 0 saturated carbocycles. The highest BCUT2D eigenvalue weighted by molar-refractivity contribution is 5.61. The first-order chi connectivity index (χ1) is 10.7. The Morgan fingerprint density at radius 1 is 1.18 bits per heavy atom. The number of nitro groups is 1. The van der Waals surface area contributed by atoms with E-state index in [9.17, 15) is 15.2 Å². The standard InChI is InChI=1S/C16H16N2O4/c19-11-13-3-6-16-15(9-13)17(7-8-22-16)10-12-1-4-14(5-2-12)18(20)21/h1-6,9,19H,7-8,10-11H2. The van der Waals surface area contributed by atoms with E-state index >= 15 is 0 Å². The number of hydrogen-bond acceptors (Lipinski definition) is 5. The van der Waals surface area contributed by atoms with Crippen LogP contribution in [0.2, 0.25) is 0 Å². The molecule has 3 rings (SSSR count). The fraction of sp³-hybridized carbons (Fsp3) is 0.250. The van der Waals surface area contributed by atoms with Gasteiger partial charge in [0.2, 0.25) is 0 Å². The van der Waals surface area contributed by atoms with Gasteiger partial charge in [0.1, 0.15) is 12.4 Å². The molecule has 2 aromatic carbocycles. The molecule has 2 aromatic rings. The first-order valence-corrected chi connectivity index (χ1v) is 7.02. The highest BCUT2D eigenvalue weighted by Gasteiger charge is 2.19. The minimum atomic E-state index is -0.401. The average Bonchev–Trinajstić information content (AvgIpc) is 2.55. The molecule has 0 bridgehead atoms. The number of benzene rings is 2. The molecule has 1 heterocycles. The molecule has 0 fully saturated rings. The maximum Gasteiger partial charge on any atom is 0.269 e. The number of hydrogen-bond donors (Lipinski definition) is 1. The molecule has 0 radical (unpaired) electrons. The lowest BCUT2D eigenvalue weighted by atomic mass is 10.1. The van der Waals surface area contributed by atoms with Crippen LogP contribution in [0.1, 0.15) is 11.1 Å². The van der Waals surface area contributed by atoms with Crippen molar-refractivity contribution in [1.29, 1.82) is 0 Å². The van der Waals surface area contributed by atoms with Gasteiger partial charge in [0.05, 0.1) is 23.8 Å². The average molecular weight is 300 g/mol. The molecule has 0 amide bonds. The van der Waals surface area contributed by atoms with Crippen LogP contribution in [0.4, 0.5) is 11.4 Å². The van der Waals surface area contributed by atoms with Gasteiger partial charge in [-0.05, 0) is 23.3 Å². The topological polar surface area (TPSA) is 75.8 Å². The van der Waals surface area contributed by atoms with Crippen LogP contribution >= 0.6 is 0 Å². The molecule has 1 aliphatic rings.